The Morgan fingerprint density at radius 2 is 1.40 bits per heavy atom. The van der Waals surface area contributed by atoms with Crippen molar-refractivity contribution in [3.05, 3.63) is 11.6 Å². The summed E-state index contributed by atoms with van der Waals surface area (Å²) in [4.78, 5) is 27.7. The van der Waals surface area contributed by atoms with E-state index in [0.29, 0.717) is 34.9 Å². The monoisotopic (exact) mass is 623 g/mol. The van der Waals surface area contributed by atoms with Crippen LogP contribution in [0.3, 0.4) is 0 Å². The number of carbonyl (C=O) groups is 2. The first kappa shape index (κ1) is 35.2. The molecule has 0 amide bonds. The molecule has 45 heavy (non-hydrogen) atoms. The zero-order valence-electron chi connectivity index (χ0n) is 31.0. The van der Waals surface area contributed by atoms with Crippen LogP contribution in [0.1, 0.15) is 184 Å². The van der Waals surface area contributed by atoms with Gasteiger partial charge in [0.1, 0.15) is 6.10 Å². The van der Waals surface area contributed by atoms with E-state index in [-0.39, 0.29) is 39.7 Å². The number of carbonyl (C=O) groups excluding carboxylic acids is 2. The van der Waals surface area contributed by atoms with Crippen molar-refractivity contribution in [3.63, 3.8) is 0 Å². The van der Waals surface area contributed by atoms with Gasteiger partial charge in [0.15, 0.2) is 5.78 Å². The van der Waals surface area contributed by atoms with Crippen molar-refractivity contribution in [1.29, 1.82) is 0 Å². The van der Waals surface area contributed by atoms with Gasteiger partial charge in [0.2, 0.25) is 0 Å². The number of ether oxygens (including phenoxy) is 1. The van der Waals surface area contributed by atoms with Crippen LogP contribution in [0.25, 0.3) is 0 Å². The smallest absolute Gasteiger partial charge is 0.306 e. The number of allylic oxidation sites excluding steroid dienone is 2. The second-order valence-electron chi connectivity index (χ2n) is 19.3. The highest BCUT2D eigenvalue weighted by Gasteiger charge is 2.70. The number of ketones is 1. The molecule has 0 heterocycles. The standard InChI is InChI=1S/C42H70O3/c1-10-11-12-13-14-15-16-17-18-19-35(44)45-34-21-22-40(7)33(38(34,4)5)20-23-42(9)36(40)32(43)28-30-31-29-37(2,3)24-25-39(31,6)26-27-41(30,42)8/h28,31,33-34,36H,10-27,29H2,1-9H3. The van der Waals surface area contributed by atoms with Gasteiger partial charge in [0, 0.05) is 17.8 Å². The summed E-state index contributed by atoms with van der Waals surface area (Å²) in [5, 5.41) is 0. The van der Waals surface area contributed by atoms with E-state index < -0.39 is 0 Å². The number of hydrogen-bond acceptors (Lipinski definition) is 3. The maximum absolute atomic E-state index is 14.6. The molecule has 0 aromatic heterocycles. The summed E-state index contributed by atoms with van der Waals surface area (Å²) in [5.41, 5.74) is 2.08. The number of unbranched alkanes of at least 4 members (excludes halogenated alkanes) is 8. The minimum absolute atomic E-state index is 0.00485. The average Bonchev–Trinajstić information content (AvgIpc) is 2.95. The summed E-state index contributed by atoms with van der Waals surface area (Å²) < 4.78 is 6.32. The molecule has 3 nitrogen and oxygen atoms in total. The van der Waals surface area contributed by atoms with Crippen molar-refractivity contribution in [2.45, 2.75) is 190 Å². The summed E-state index contributed by atoms with van der Waals surface area (Å²) in [6.45, 7) is 21.9. The van der Waals surface area contributed by atoms with Gasteiger partial charge in [-0.05, 0) is 109 Å². The van der Waals surface area contributed by atoms with Gasteiger partial charge < -0.3 is 4.74 Å². The molecule has 0 bridgehead atoms. The number of rotatable bonds is 11. The lowest BCUT2D eigenvalue weighted by atomic mass is 9.33. The molecule has 5 aliphatic rings. The molecular weight excluding hydrogens is 552 g/mol. The van der Waals surface area contributed by atoms with E-state index in [0.717, 1.165) is 38.5 Å². The fourth-order valence-corrected chi connectivity index (χ4v) is 12.3. The Bertz CT molecular complexity index is 1130. The fourth-order valence-electron chi connectivity index (χ4n) is 12.3. The van der Waals surface area contributed by atoms with Crippen LogP contribution in [0.4, 0.5) is 0 Å². The lowest BCUT2D eigenvalue weighted by Crippen LogP contribution is -2.66. The summed E-state index contributed by atoms with van der Waals surface area (Å²) in [6.07, 6.45) is 24.4. The van der Waals surface area contributed by atoms with E-state index in [2.05, 4.69) is 68.4 Å². The Labute approximate surface area is 277 Å². The second-order valence-corrected chi connectivity index (χ2v) is 19.3. The Balaban J connectivity index is 1.26. The predicted octanol–water partition coefficient (Wildman–Crippen LogP) is 11.8. The van der Waals surface area contributed by atoms with Crippen molar-refractivity contribution in [1.82, 2.24) is 0 Å². The Hall–Kier alpha value is -1.12. The number of hydrogen-bond donors (Lipinski definition) is 0. The van der Waals surface area contributed by atoms with Crippen molar-refractivity contribution >= 4 is 11.8 Å². The Morgan fingerprint density at radius 1 is 0.778 bits per heavy atom. The quantitative estimate of drug-likeness (QED) is 0.170. The second kappa shape index (κ2) is 12.7. The van der Waals surface area contributed by atoms with Crippen LogP contribution < -0.4 is 0 Å². The zero-order chi connectivity index (χ0) is 32.9. The molecule has 0 aliphatic heterocycles. The highest BCUT2D eigenvalue weighted by Crippen LogP contribution is 2.75. The normalized spacial score (nSPS) is 41.6. The largest absolute Gasteiger partial charge is 0.462 e. The first-order valence-corrected chi connectivity index (χ1v) is 19.5. The molecule has 5 aliphatic carbocycles. The van der Waals surface area contributed by atoms with Gasteiger partial charge in [-0.15, -0.1) is 0 Å². The third kappa shape index (κ3) is 6.16. The van der Waals surface area contributed by atoms with Crippen LogP contribution in [0.5, 0.6) is 0 Å². The Morgan fingerprint density at radius 3 is 2.07 bits per heavy atom. The van der Waals surface area contributed by atoms with Crippen LogP contribution in [0, 0.1) is 50.2 Å². The zero-order valence-corrected chi connectivity index (χ0v) is 31.0. The molecule has 0 N–H and O–H groups in total. The van der Waals surface area contributed by atoms with Gasteiger partial charge in [-0.2, -0.15) is 0 Å². The SMILES string of the molecule is CCCCCCCCCCCC(=O)OC1CCC2(C)C(CCC3(C)C2C(=O)C=C2C4CC(C)(C)CCC4(C)CCC23C)C1(C)C. The lowest BCUT2D eigenvalue weighted by molar-refractivity contribution is -0.211. The van der Waals surface area contributed by atoms with E-state index in [1.807, 2.05) is 0 Å². The fraction of sp³-hybridized carbons (Fsp3) is 0.905. The molecule has 0 aromatic rings. The van der Waals surface area contributed by atoms with Gasteiger partial charge >= 0.3 is 5.97 Å². The third-order valence-corrected chi connectivity index (χ3v) is 15.5. The first-order chi connectivity index (χ1) is 21.0. The van der Waals surface area contributed by atoms with Gasteiger partial charge in [-0.3, -0.25) is 9.59 Å². The highest BCUT2D eigenvalue weighted by molar-refractivity contribution is 5.95. The molecule has 3 heteroatoms. The lowest BCUT2D eigenvalue weighted by Gasteiger charge is -2.70. The average molecular weight is 623 g/mol. The molecule has 8 unspecified atom stereocenters. The molecule has 4 saturated carbocycles. The molecule has 0 saturated heterocycles. The molecule has 5 rings (SSSR count). The van der Waals surface area contributed by atoms with Crippen molar-refractivity contribution in [3.8, 4) is 0 Å². The summed E-state index contributed by atoms with van der Waals surface area (Å²) >= 11 is 0. The maximum Gasteiger partial charge on any atom is 0.306 e. The van der Waals surface area contributed by atoms with Gasteiger partial charge in [-0.25, -0.2) is 0 Å². The molecule has 0 radical (unpaired) electrons. The summed E-state index contributed by atoms with van der Waals surface area (Å²) in [7, 11) is 0. The highest BCUT2D eigenvalue weighted by atomic mass is 16.5. The predicted molar refractivity (Wildman–Crippen MR) is 187 cm³/mol. The Kier molecular flexibility index (Phi) is 9.95. The molecule has 8 atom stereocenters. The summed E-state index contributed by atoms with van der Waals surface area (Å²) in [6, 6.07) is 0. The van der Waals surface area contributed by atoms with Crippen molar-refractivity contribution in [2.75, 3.05) is 0 Å². The molecule has 256 valence electrons. The van der Waals surface area contributed by atoms with Crippen LogP contribution >= 0.6 is 0 Å². The molecule has 0 spiro atoms. The van der Waals surface area contributed by atoms with Gasteiger partial charge in [0.25, 0.3) is 0 Å². The van der Waals surface area contributed by atoms with E-state index >= 15 is 0 Å². The van der Waals surface area contributed by atoms with Crippen LogP contribution in [0.15, 0.2) is 11.6 Å². The minimum Gasteiger partial charge on any atom is -0.462 e. The van der Waals surface area contributed by atoms with Crippen molar-refractivity contribution in [2.24, 2.45) is 50.2 Å². The number of fused-ring (bicyclic) bond motifs is 7. The van der Waals surface area contributed by atoms with Crippen molar-refractivity contribution < 1.29 is 14.3 Å². The topological polar surface area (TPSA) is 43.4 Å². The number of esters is 1. The molecule has 0 aromatic carbocycles. The summed E-state index contributed by atoms with van der Waals surface area (Å²) in [5.74, 6) is 1.38. The van der Waals surface area contributed by atoms with Crippen LogP contribution in [0.2, 0.25) is 0 Å². The van der Waals surface area contributed by atoms with Gasteiger partial charge in [-0.1, -0.05) is 119 Å². The van der Waals surface area contributed by atoms with Crippen LogP contribution in [-0.2, 0) is 14.3 Å². The van der Waals surface area contributed by atoms with Gasteiger partial charge in [0.05, 0.1) is 0 Å². The van der Waals surface area contributed by atoms with E-state index in [4.69, 9.17) is 4.74 Å². The minimum atomic E-state index is -0.133. The van der Waals surface area contributed by atoms with E-state index in [1.165, 1.54) is 82.6 Å². The van der Waals surface area contributed by atoms with E-state index in [1.54, 1.807) is 0 Å². The molecular formula is C42H70O3. The third-order valence-electron chi connectivity index (χ3n) is 15.5. The maximum atomic E-state index is 14.6. The van der Waals surface area contributed by atoms with Crippen LogP contribution in [-0.4, -0.2) is 17.9 Å². The molecule has 4 fully saturated rings. The first-order valence-electron chi connectivity index (χ1n) is 19.5. The van der Waals surface area contributed by atoms with E-state index in [9.17, 15) is 9.59 Å².